The smallest absolute Gasteiger partial charge is 0.276 e. The van der Waals surface area contributed by atoms with Crippen molar-refractivity contribution in [3.8, 4) is 16.9 Å². The molecule has 3 aromatic carbocycles. The number of hydrogen-bond acceptors (Lipinski definition) is 4. The van der Waals surface area contributed by atoms with Gasteiger partial charge in [-0.3, -0.25) is 20.4 Å². The summed E-state index contributed by atoms with van der Waals surface area (Å²) in [5, 5.41) is 0.397. The molecule has 0 aliphatic heterocycles. The lowest BCUT2D eigenvalue weighted by Gasteiger charge is -2.14. The lowest BCUT2D eigenvalue weighted by molar-refractivity contribution is -0.123. The SMILES string of the molecule is CN(C)c1cccc(C(=O)NNC(=O)COc2ccc(-c3ccccc3)cc2Cl)c1. The summed E-state index contributed by atoms with van der Waals surface area (Å²) in [6, 6.07) is 22.2. The fourth-order valence-electron chi connectivity index (χ4n) is 2.73. The van der Waals surface area contributed by atoms with Crippen LogP contribution in [0.2, 0.25) is 5.02 Å². The Morgan fingerprint density at radius 3 is 2.37 bits per heavy atom. The van der Waals surface area contributed by atoms with Crippen LogP contribution in [-0.2, 0) is 4.79 Å². The van der Waals surface area contributed by atoms with Gasteiger partial charge in [-0.15, -0.1) is 0 Å². The van der Waals surface area contributed by atoms with E-state index in [1.807, 2.05) is 61.5 Å². The van der Waals surface area contributed by atoms with E-state index < -0.39 is 11.8 Å². The normalized spacial score (nSPS) is 10.2. The van der Waals surface area contributed by atoms with Crippen LogP contribution >= 0.6 is 11.6 Å². The van der Waals surface area contributed by atoms with Crippen LogP contribution in [0.15, 0.2) is 72.8 Å². The molecule has 0 aliphatic rings. The number of carbonyl (C=O) groups is 2. The van der Waals surface area contributed by atoms with Crippen molar-refractivity contribution < 1.29 is 14.3 Å². The van der Waals surface area contributed by atoms with E-state index in [1.54, 1.807) is 30.3 Å². The number of hydrazine groups is 1. The quantitative estimate of drug-likeness (QED) is 0.590. The average Bonchev–Trinajstić information content (AvgIpc) is 2.77. The van der Waals surface area contributed by atoms with Crippen LogP contribution in [0.5, 0.6) is 5.75 Å². The Labute approximate surface area is 180 Å². The number of benzene rings is 3. The number of ether oxygens (including phenoxy) is 1. The summed E-state index contributed by atoms with van der Waals surface area (Å²) in [4.78, 5) is 26.1. The van der Waals surface area contributed by atoms with Gasteiger partial charge in [-0.1, -0.05) is 54.1 Å². The largest absolute Gasteiger partial charge is 0.482 e. The topological polar surface area (TPSA) is 70.7 Å². The van der Waals surface area contributed by atoms with E-state index in [0.29, 0.717) is 16.3 Å². The number of nitrogens with one attached hydrogen (secondary N) is 2. The van der Waals surface area contributed by atoms with E-state index in [4.69, 9.17) is 16.3 Å². The maximum absolute atomic E-state index is 12.2. The molecule has 7 heteroatoms. The molecule has 0 bridgehead atoms. The van der Waals surface area contributed by atoms with Crippen LogP contribution in [0.1, 0.15) is 10.4 Å². The van der Waals surface area contributed by atoms with Crippen molar-refractivity contribution in [1.29, 1.82) is 0 Å². The molecular weight excluding hydrogens is 402 g/mol. The molecule has 0 atom stereocenters. The lowest BCUT2D eigenvalue weighted by atomic mass is 10.1. The van der Waals surface area contributed by atoms with Gasteiger partial charge in [-0.25, -0.2) is 0 Å². The molecule has 0 aliphatic carbocycles. The van der Waals surface area contributed by atoms with Gasteiger partial charge in [0.1, 0.15) is 5.75 Å². The highest BCUT2D eigenvalue weighted by atomic mass is 35.5. The minimum absolute atomic E-state index is 0.289. The fourth-order valence-corrected chi connectivity index (χ4v) is 2.97. The van der Waals surface area contributed by atoms with Crippen molar-refractivity contribution in [1.82, 2.24) is 10.9 Å². The summed E-state index contributed by atoms with van der Waals surface area (Å²) in [5.74, 6) is -0.538. The van der Waals surface area contributed by atoms with Gasteiger partial charge in [0.05, 0.1) is 5.02 Å². The summed E-state index contributed by atoms with van der Waals surface area (Å²) in [6.45, 7) is -0.289. The standard InChI is InChI=1S/C23H22ClN3O3/c1-27(2)19-10-6-9-18(13-19)23(29)26-25-22(28)15-30-21-12-11-17(14-20(21)24)16-7-4-3-5-8-16/h3-14H,15H2,1-2H3,(H,25,28)(H,26,29). The predicted octanol–water partition coefficient (Wildman–Crippen LogP) is 3.91. The van der Waals surface area contributed by atoms with Crippen molar-refractivity contribution in [2.24, 2.45) is 0 Å². The molecule has 2 N–H and O–H groups in total. The monoisotopic (exact) mass is 423 g/mol. The number of rotatable bonds is 6. The van der Waals surface area contributed by atoms with E-state index >= 15 is 0 Å². The number of carbonyl (C=O) groups excluding carboxylic acids is 2. The zero-order valence-corrected chi connectivity index (χ0v) is 17.4. The highest BCUT2D eigenvalue weighted by Crippen LogP contribution is 2.30. The van der Waals surface area contributed by atoms with Crippen molar-refractivity contribution in [3.05, 3.63) is 83.4 Å². The molecule has 0 spiro atoms. The summed E-state index contributed by atoms with van der Waals surface area (Å²) >= 11 is 6.28. The minimum atomic E-state index is -0.504. The summed E-state index contributed by atoms with van der Waals surface area (Å²) in [6.07, 6.45) is 0. The Hall–Kier alpha value is -3.51. The van der Waals surface area contributed by atoms with Gasteiger partial charge in [-0.05, 0) is 41.5 Å². The molecule has 30 heavy (non-hydrogen) atoms. The third-order valence-electron chi connectivity index (χ3n) is 4.34. The third kappa shape index (κ3) is 5.52. The lowest BCUT2D eigenvalue weighted by Crippen LogP contribution is -2.43. The van der Waals surface area contributed by atoms with E-state index in [0.717, 1.165) is 16.8 Å². The van der Waals surface area contributed by atoms with Crippen molar-refractivity contribution in [3.63, 3.8) is 0 Å². The van der Waals surface area contributed by atoms with Crippen LogP contribution in [0.3, 0.4) is 0 Å². The zero-order chi connectivity index (χ0) is 21.5. The summed E-state index contributed by atoms with van der Waals surface area (Å²) in [5.41, 5.74) is 8.01. The van der Waals surface area contributed by atoms with E-state index in [2.05, 4.69) is 10.9 Å². The number of anilines is 1. The Morgan fingerprint density at radius 1 is 0.900 bits per heavy atom. The maximum atomic E-state index is 12.2. The second kappa shape index (κ2) is 9.80. The number of nitrogens with zero attached hydrogens (tertiary/aromatic N) is 1. The molecule has 0 heterocycles. The Balaban J connectivity index is 1.52. The summed E-state index contributed by atoms with van der Waals surface area (Å²) < 4.78 is 5.48. The number of halogens is 1. The molecule has 3 aromatic rings. The van der Waals surface area contributed by atoms with Gasteiger partial charge in [0.2, 0.25) is 0 Å². The second-order valence-electron chi connectivity index (χ2n) is 6.75. The molecule has 0 fully saturated rings. The third-order valence-corrected chi connectivity index (χ3v) is 4.63. The van der Waals surface area contributed by atoms with Gasteiger partial charge in [0.25, 0.3) is 11.8 Å². The van der Waals surface area contributed by atoms with Crippen LogP contribution in [-0.4, -0.2) is 32.5 Å². The van der Waals surface area contributed by atoms with Crippen molar-refractivity contribution >= 4 is 29.1 Å². The molecule has 2 amide bonds. The predicted molar refractivity (Wildman–Crippen MR) is 119 cm³/mol. The average molecular weight is 424 g/mol. The van der Waals surface area contributed by atoms with Crippen LogP contribution in [0.4, 0.5) is 5.69 Å². The summed E-state index contributed by atoms with van der Waals surface area (Å²) in [7, 11) is 3.77. The van der Waals surface area contributed by atoms with Gasteiger partial charge in [0, 0.05) is 25.3 Å². The Bertz CT molecular complexity index is 1040. The van der Waals surface area contributed by atoms with Gasteiger partial charge >= 0.3 is 0 Å². The van der Waals surface area contributed by atoms with Crippen LogP contribution < -0.4 is 20.5 Å². The Kier molecular flexibility index (Phi) is 6.93. The van der Waals surface area contributed by atoms with Crippen LogP contribution in [0.25, 0.3) is 11.1 Å². The van der Waals surface area contributed by atoms with Crippen LogP contribution in [0, 0.1) is 0 Å². The van der Waals surface area contributed by atoms with Crippen molar-refractivity contribution in [2.75, 3.05) is 25.6 Å². The highest BCUT2D eigenvalue weighted by molar-refractivity contribution is 6.32. The van der Waals surface area contributed by atoms with Gasteiger partial charge in [0.15, 0.2) is 6.61 Å². The van der Waals surface area contributed by atoms with Crippen molar-refractivity contribution in [2.45, 2.75) is 0 Å². The first-order valence-corrected chi connectivity index (χ1v) is 9.66. The molecule has 0 saturated heterocycles. The van der Waals surface area contributed by atoms with Gasteiger partial charge in [-0.2, -0.15) is 0 Å². The second-order valence-corrected chi connectivity index (χ2v) is 7.15. The van der Waals surface area contributed by atoms with E-state index in [-0.39, 0.29) is 6.61 Å². The van der Waals surface area contributed by atoms with Gasteiger partial charge < -0.3 is 9.64 Å². The highest BCUT2D eigenvalue weighted by Gasteiger charge is 2.11. The van der Waals surface area contributed by atoms with E-state index in [1.165, 1.54) is 0 Å². The maximum Gasteiger partial charge on any atom is 0.276 e. The fraction of sp³-hybridized carbons (Fsp3) is 0.130. The first kappa shape index (κ1) is 21.2. The number of amides is 2. The molecular formula is C23H22ClN3O3. The minimum Gasteiger partial charge on any atom is -0.482 e. The molecule has 6 nitrogen and oxygen atoms in total. The molecule has 3 rings (SSSR count). The molecule has 0 saturated carbocycles. The first-order valence-electron chi connectivity index (χ1n) is 9.28. The molecule has 0 unspecified atom stereocenters. The Morgan fingerprint density at radius 2 is 1.67 bits per heavy atom. The van der Waals surface area contributed by atoms with E-state index in [9.17, 15) is 9.59 Å². The zero-order valence-electron chi connectivity index (χ0n) is 16.7. The molecule has 0 aromatic heterocycles. The molecule has 0 radical (unpaired) electrons. The first-order chi connectivity index (χ1) is 14.4. The molecule has 154 valence electrons. The number of hydrogen-bond donors (Lipinski definition) is 2.